The zero-order chi connectivity index (χ0) is 21.7. The zero-order valence-electron chi connectivity index (χ0n) is 18.1. The van der Waals surface area contributed by atoms with E-state index in [2.05, 4.69) is 58.1 Å². The van der Waals surface area contributed by atoms with E-state index in [0.29, 0.717) is 17.0 Å². The minimum atomic E-state index is -0.282. The number of nitrogens with one attached hydrogen (secondary N) is 2. The van der Waals surface area contributed by atoms with Crippen LogP contribution in [0.5, 0.6) is 0 Å². The number of aliphatic hydroxyl groups excluding tert-OH is 1. The third kappa shape index (κ3) is 4.49. The molecule has 2 aromatic heterocycles. The largest absolute Gasteiger partial charge is 0.390 e. The quantitative estimate of drug-likeness (QED) is 0.550. The molecule has 0 aromatic carbocycles. The van der Waals surface area contributed by atoms with E-state index in [-0.39, 0.29) is 18.4 Å². The van der Waals surface area contributed by atoms with E-state index in [1.54, 1.807) is 18.6 Å². The highest BCUT2D eigenvalue weighted by atomic mass is 16.3. The van der Waals surface area contributed by atoms with Crippen LogP contribution in [-0.4, -0.2) is 56.2 Å². The molecule has 1 aliphatic heterocycles. The summed E-state index contributed by atoms with van der Waals surface area (Å²) < 4.78 is 0. The smallest absolute Gasteiger partial charge is 0.273 e. The van der Waals surface area contributed by atoms with Gasteiger partial charge in [0.05, 0.1) is 18.4 Å². The molecule has 3 heterocycles. The SMILES string of the molecule is CCN(CC)CCc1c(CO)[nH]c(C=C2C(=O)NN=C2c2cnccn2)c1C(C)C. The summed E-state index contributed by atoms with van der Waals surface area (Å²) in [5, 5.41) is 14.1. The maximum absolute atomic E-state index is 12.5. The molecular weight excluding hydrogens is 380 g/mol. The summed E-state index contributed by atoms with van der Waals surface area (Å²) in [5.41, 5.74) is 7.82. The maximum Gasteiger partial charge on any atom is 0.273 e. The molecule has 3 N–H and O–H groups in total. The summed E-state index contributed by atoms with van der Waals surface area (Å²) in [6.07, 6.45) is 7.38. The molecule has 30 heavy (non-hydrogen) atoms. The molecule has 0 spiro atoms. The van der Waals surface area contributed by atoms with Crippen LogP contribution < -0.4 is 5.43 Å². The lowest BCUT2D eigenvalue weighted by Gasteiger charge is -2.19. The Morgan fingerprint density at radius 2 is 2.00 bits per heavy atom. The molecule has 1 aliphatic rings. The van der Waals surface area contributed by atoms with Crippen molar-refractivity contribution in [2.24, 2.45) is 5.10 Å². The predicted octanol–water partition coefficient (Wildman–Crippen LogP) is 2.22. The van der Waals surface area contributed by atoms with Crippen LogP contribution in [0.25, 0.3) is 6.08 Å². The molecule has 8 heteroatoms. The van der Waals surface area contributed by atoms with E-state index in [1.165, 1.54) is 0 Å². The molecule has 0 aliphatic carbocycles. The molecule has 1 amide bonds. The molecule has 0 unspecified atom stereocenters. The van der Waals surface area contributed by atoms with Gasteiger partial charge in [-0.3, -0.25) is 14.8 Å². The van der Waals surface area contributed by atoms with Crippen molar-refractivity contribution in [2.75, 3.05) is 19.6 Å². The fraction of sp³-hybridized carbons (Fsp3) is 0.455. The van der Waals surface area contributed by atoms with Crippen LogP contribution in [0.3, 0.4) is 0 Å². The Kier molecular flexibility index (Phi) is 7.12. The average molecular weight is 411 g/mol. The van der Waals surface area contributed by atoms with Crippen LogP contribution >= 0.6 is 0 Å². The van der Waals surface area contributed by atoms with E-state index >= 15 is 0 Å². The van der Waals surface area contributed by atoms with E-state index in [0.717, 1.165) is 48.6 Å². The van der Waals surface area contributed by atoms with Gasteiger partial charge in [0, 0.05) is 30.3 Å². The van der Waals surface area contributed by atoms with Crippen molar-refractivity contribution in [1.82, 2.24) is 25.3 Å². The van der Waals surface area contributed by atoms with Gasteiger partial charge in [0.1, 0.15) is 11.4 Å². The lowest BCUT2D eigenvalue weighted by Crippen LogP contribution is -2.25. The van der Waals surface area contributed by atoms with E-state index in [4.69, 9.17) is 0 Å². The number of hydrogen-bond acceptors (Lipinski definition) is 6. The second-order valence-electron chi connectivity index (χ2n) is 7.55. The van der Waals surface area contributed by atoms with Crippen molar-refractivity contribution < 1.29 is 9.90 Å². The number of carbonyl (C=O) groups is 1. The monoisotopic (exact) mass is 410 g/mol. The molecule has 0 saturated carbocycles. The first-order chi connectivity index (χ1) is 14.5. The number of aromatic nitrogens is 3. The van der Waals surface area contributed by atoms with Gasteiger partial charge in [0.15, 0.2) is 0 Å². The Bertz CT molecular complexity index is 942. The number of aromatic amines is 1. The van der Waals surface area contributed by atoms with Gasteiger partial charge in [0.2, 0.25) is 0 Å². The molecule has 3 rings (SSSR count). The molecule has 2 aromatic rings. The highest BCUT2D eigenvalue weighted by Crippen LogP contribution is 2.30. The van der Waals surface area contributed by atoms with Crippen LogP contribution in [-0.2, 0) is 17.8 Å². The average Bonchev–Trinajstić information content (AvgIpc) is 3.30. The van der Waals surface area contributed by atoms with Crippen LogP contribution in [0.1, 0.15) is 61.8 Å². The van der Waals surface area contributed by atoms with Gasteiger partial charge in [0.25, 0.3) is 5.91 Å². The Balaban J connectivity index is 2.02. The van der Waals surface area contributed by atoms with Crippen LogP contribution in [0.2, 0.25) is 0 Å². The van der Waals surface area contributed by atoms with Gasteiger partial charge >= 0.3 is 0 Å². The summed E-state index contributed by atoms with van der Waals surface area (Å²) in [4.78, 5) is 26.5. The molecule has 0 radical (unpaired) electrons. The minimum absolute atomic E-state index is 0.0756. The number of carbonyl (C=O) groups excluding carboxylic acids is 1. The standard InChI is InChI=1S/C22H30N6O2/c1-5-28(6-2)10-7-15-19(13-29)25-17(20(15)14(3)4)11-16-21(26-27-22(16)30)18-12-23-8-9-24-18/h8-9,11-12,14,25,29H,5-7,10,13H2,1-4H3,(H,27,30). The Hall–Kier alpha value is -2.84. The second kappa shape index (κ2) is 9.77. The van der Waals surface area contributed by atoms with Crippen molar-refractivity contribution >= 4 is 17.7 Å². The molecule has 8 nitrogen and oxygen atoms in total. The summed E-state index contributed by atoms with van der Waals surface area (Å²) in [6.45, 7) is 11.4. The first-order valence-electron chi connectivity index (χ1n) is 10.4. The van der Waals surface area contributed by atoms with Crippen molar-refractivity contribution in [1.29, 1.82) is 0 Å². The van der Waals surface area contributed by atoms with Gasteiger partial charge in [-0.05, 0) is 42.6 Å². The fourth-order valence-electron chi connectivity index (χ4n) is 3.86. The van der Waals surface area contributed by atoms with E-state index in [9.17, 15) is 9.90 Å². The number of amides is 1. The van der Waals surface area contributed by atoms with Gasteiger partial charge in [-0.1, -0.05) is 27.7 Å². The van der Waals surface area contributed by atoms with Crippen LogP contribution in [0.4, 0.5) is 0 Å². The number of H-pyrrole nitrogens is 1. The lowest BCUT2D eigenvalue weighted by atomic mass is 9.94. The Morgan fingerprint density at radius 1 is 1.23 bits per heavy atom. The topological polar surface area (TPSA) is 106 Å². The van der Waals surface area contributed by atoms with Crippen molar-refractivity contribution in [2.45, 2.75) is 46.6 Å². The first kappa shape index (κ1) is 21.9. The number of aliphatic hydroxyl groups is 1. The van der Waals surface area contributed by atoms with Gasteiger partial charge in [-0.25, -0.2) is 5.43 Å². The van der Waals surface area contributed by atoms with Crippen LogP contribution in [0.15, 0.2) is 29.3 Å². The molecule has 0 bridgehead atoms. The molecule has 0 saturated heterocycles. The molecule has 160 valence electrons. The van der Waals surface area contributed by atoms with E-state index in [1.807, 2.05) is 6.08 Å². The van der Waals surface area contributed by atoms with Crippen molar-refractivity contribution in [3.8, 4) is 0 Å². The van der Waals surface area contributed by atoms with E-state index < -0.39 is 0 Å². The molecular formula is C22H30N6O2. The maximum atomic E-state index is 12.5. The third-order valence-electron chi connectivity index (χ3n) is 5.44. The predicted molar refractivity (Wildman–Crippen MR) is 117 cm³/mol. The van der Waals surface area contributed by atoms with Crippen LogP contribution in [0, 0.1) is 0 Å². The Morgan fingerprint density at radius 3 is 2.60 bits per heavy atom. The normalized spacial score (nSPS) is 15.4. The first-order valence-corrected chi connectivity index (χ1v) is 10.4. The third-order valence-corrected chi connectivity index (χ3v) is 5.44. The minimum Gasteiger partial charge on any atom is -0.390 e. The van der Waals surface area contributed by atoms with Gasteiger partial charge in [-0.2, -0.15) is 5.10 Å². The number of hydrazone groups is 1. The number of rotatable bonds is 9. The molecule has 0 fully saturated rings. The second-order valence-corrected chi connectivity index (χ2v) is 7.55. The summed E-state index contributed by atoms with van der Waals surface area (Å²) in [5.74, 6) is -0.0586. The summed E-state index contributed by atoms with van der Waals surface area (Å²) >= 11 is 0. The van der Waals surface area contributed by atoms with Crippen molar-refractivity contribution in [3.05, 3.63) is 52.4 Å². The van der Waals surface area contributed by atoms with Gasteiger partial charge < -0.3 is 15.0 Å². The fourth-order valence-corrected chi connectivity index (χ4v) is 3.86. The Labute approximate surface area is 177 Å². The van der Waals surface area contributed by atoms with Crippen molar-refractivity contribution in [3.63, 3.8) is 0 Å². The lowest BCUT2D eigenvalue weighted by molar-refractivity contribution is -0.116. The summed E-state index contributed by atoms with van der Waals surface area (Å²) in [6, 6.07) is 0. The molecule has 0 atom stereocenters. The van der Waals surface area contributed by atoms with Gasteiger partial charge in [-0.15, -0.1) is 0 Å². The zero-order valence-corrected chi connectivity index (χ0v) is 18.1. The number of nitrogens with zero attached hydrogens (tertiary/aromatic N) is 4. The highest BCUT2D eigenvalue weighted by Gasteiger charge is 2.27. The number of likely N-dealkylation sites (N-methyl/N-ethyl adjacent to an activating group) is 1. The number of hydrogen-bond donors (Lipinski definition) is 3. The summed E-state index contributed by atoms with van der Waals surface area (Å²) in [7, 11) is 0. The highest BCUT2D eigenvalue weighted by molar-refractivity contribution is 6.32.